The molecule has 0 bridgehead atoms. The molecule has 0 aromatic heterocycles. The van der Waals surface area contributed by atoms with Crippen LogP contribution >= 0.6 is 15.9 Å². The zero-order chi connectivity index (χ0) is 21.3. The second-order valence-electron chi connectivity index (χ2n) is 7.29. The third kappa shape index (κ3) is 4.33. The molecule has 7 heteroatoms. The Morgan fingerprint density at radius 3 is 2.40 bits per heavy atom. The first kappa shape index (κ1) is 20.8. The van der Waals surface area contributed by atoms with E-state index in [1.165, 1.54) is 6.26 Å². The van der Waals surface area contributed by atoms with Crippen molar-refractivity contribution in [3.63, 3.8) is 0 Å². The van der Waals surface area contributed by atoms with Crippen LogP contribution in [-0.4, -0.2) is 25.5 Å². The third-order valence-corrected chi connectivity index (χ3v) is 6.79. The second kappa shape index (κ2) is 8.34. The fraction of sp³-hybridized carbons (Fsp3) is 0.174. The van der Waals surface area contributed by atoms with Gasteiger partial charge in [-0.1, -0.05) is 46.3 Å². The van der Waals surface area contributed by atoms with Crippen LogP contribution in [0.25, 0.3) is 0 Å². The summed E-state index contributed by atoms with van der Waals surface area (Å²) in [4.78, 5) is 0.283. The minimum Gasteiger partial charge on any atom is -0.392 e. The molecule has 3 aromatic rings. The van der Waals surface area contributed by atoms with E-state index in [2.05, 4.69) is 28.1 Å². The highest BCUT2D eigenvalue weighted by atomic mass is 79.9. The van der Waals surface area contributed by atoms with Gasteiger partial charge >= 0.3 is 0 Å². The van der Waals surface area contributed by atoms with Crippen LogP contribution in [0.2, 0.25) is 0 Å². The van der Waals surface area contributed by atoms with Gasteiger partial charge < -0.3 is 5.11 Å². The van der Waals surface area contributed by atoms with Crippen LogP contribution in [0.3, 0.4) is 0 Å². The maximum absolute atomic E-state index is 11.8. The zero-order valence-corrected chi connectivity index (χ0v) is 18.8. The lowest BCUT2D eigenvalue weighted by Crippen LogP contribution is -2.18. The van der Waals surface area contributed by atoms with E-state index in [4.69, 9.17) is 5.10 Å². The lowest BCUT2D eigenvalue weighted by atomic mass is 9.97. The first-order valence-electron chi connectivity index (χ1n) is 9.47. The van der Waals surface area contributed by atoms with Gasteiger partial charge in [0.05, 0.1) is 28.9 Å². The molecule has 1 aliphatic heterocycles. The minimum atomic E-state index is -3.26. The molecule has 0 fully saturated rings. The van der Waals surface area contributed by atoms with Crippen LogP contribution in [0, 0.1) is 0 Å². The third-order valence-electron chi connectivity index (χ3n) is 5.14. The van der Waals surface area contributed by atoms with Crippen molar-refractivity contribution in [1.82, 2.24) is 0 Å². The highest BCUT2D eigenvalue weighted by Crippen LogP contribution is 2.37. The lowest BCUT2D eigenvalue weighted by Gasteiger charge is -2.24. The van der Waals surface area contributed by atoms with E-state index in [0.717, 1.165) is 32.6 Å². The molecule has 154 valence electrons. The molecule has 30 heavy (non-hydrogen) atoms. The Balaban J connectivity index is 1.75. The van der Waals surface area contributed by atoms with Crippen molar-refractivity contribution >= 4 is 37.2 Å². The predicted molar refractivity (Wildman–Crippen MR) is 122 cm³/mol. The van der Waals surface area contributed by atoms with E-state index >= 15 is 0 Å². The Bertz CT molecular complexity index is 1190. The number of rotatable bonds is 5. The summed E-state index contributed by atoms with van der Waals surface area (Å²) in [5, 5.41) is 16.3. The summed E-state index contributed by atoms with van der Waals surface area (Å²) in [7, 11) is -3.26. The zero-order valence-electron chi connectivity index (χ0n) is 16.4. The Morgan fingerprint density at radius 2 is 1.77 bits per heavy atom. The number of hydrogen-bond acceptors (Lipinski definition) is 5. The normalized spacial score (nSPS) is 16.6. The number of sulfone groups is 1. The van der Waals surface area contributed by atoms with Gasteiger partial charge in [0.1, 0.15) is 0 Å². The highest BCUT2D eigenvalue weighted by Gasteiger charge is 2.30. The summed E-state index contributed by atoms with van der Waals surface area (Å²) < 4.78 is 24.6. The molecule has 4 rings (SSSR count). The number of benzene rings is 3. The number of nitrogens with zero attached hydrogens (tertiary/aromatic N) is 2. The average molecular weight is 485 g/mol. The van der Waals surface area contributed by atoms with E-state index in [1.54, 1.807) is 24.3 Å². The molecule has 0 saturated heterocycles. The molecule has 1 atom stereocenters. The van der Waals surface area contributed by atoms with Gasteiger partial charge in [-0.25, -0.2) is 8.42 Å². The van der Waals surface area contributed by atoms with Crippen molar-refractivity contribution in [3.8, 4) is 0 Å². The molecule has 0 saturated carbocycles. The quantitative estimate of drug-likeness (QED) is 0.569. The average Bonchev–Trinajstić information content (AvgIpc) is 3.19. The first-order valence-corrected chi connectivity index (χ1v) is 12.2. The van der Waals surface area contributed by atoms with E-state index < -0.39 is 9.84 Å². The van der Waals surface area contributed by atoms with E-state index in [-0.39, 0.29) is 17.5 Å². The lowest BCUT2D eigenvalue weighted by molar-refractivity contribution is 0.282. The second-order valence-corrected chi connectivity index (χ2v) is 10.2. The van der Waals surface area contributed by atoms with Crippen LogP contribution in [-0.2, 0) is 16.4 Å². The fourth-order valence-corrected chi connectivity index (χ4v) is 4.46. The maximum Gasteiger partial charge on any atom is 0.175 e. The molecule has 1 heterocycles. The van der Waals surface area contributed by atoms with E-state index in [9.17, 15) is 13.5 Å². The van der Waals surface area contributed by atoms with Gasteiger partial charge in [-0.05, 0) is 59.2 Å². The monoisotopic (exact) mass is 484 g/mol. The molecule has 1 unspecified atom stereocenters. The fourth-order valence-electron chi connectivity index (χ4n) is 3.56. The molecule has 0 aliphatic carbocycles. The van der Waals surface area contributed by atoms with Gasteiger partial charge in [0.25, 0.3) is 0 Å². The summed E-state index contributed by atoms with van der Waals surface area (Å²) in [5.74, 6) is 0. The minimum absolute atomic E-state index is 0.0185. The standard InChI is InChI=1S/C23H21BrN2O3S/c1-30(28,29)21-11-9-20(10-12-21)26-23(17-5-7-19(24)8-6-17)14-22(25-26)18-4-2-3-16(13-18)15-27/h2-13,23,27H,14-15H2,1H3. The highest BCUT2D eigenvalue weighted by molar-refractivity contribution is 9.10. The molecule has 0 radical (unpaired) electrons. The number of aliphatic hydroxyl groups is 1. The Labute approximate surface area is 184 Å². The molecular weight excluding hydrogens is 464 g/mol. The largest absolute Gasteiger partial charge is 0.392 e. The van der Waals surface area contributed by atoms with Gasteiger partial charge in [-0.3, -0.25) is 5.01 Å². The summed E-state index contributed by atoms with van der Waals surface area (Å²) in [6.45, 7) is -0.0199. The van der Waals surface area contributed by atoms with Gasteiger partial charge in [0.2, 0.25) is 0 Å². The van der Waals surface area contributed by atoms with Gasteiger partial charge in [0.15, 0.2) is 9.84 Å². The van der Waals surface area contributed by atoms with Gasteiger partial charge in [-0.2, -0.15) is 5.10 Å². The summed E-state index contributed by atoms with van der Waals surface area (Å²) >= 11 is 3.48. The summed E-state index contributed by atoms with van der Waals surface area (Å²) in [6.07, 6.45) is 1.90. The number of hydrogen-bond donors (Lipinski definition) is 1. The molecule has 1 aliphatic rings. The van der Waals surface area contributed by atoms with E-state index in [1.807, 2.05) is 41.4 Å². The molecule has 0 amide bonds. The number of halogens is 1. The van der Waals surface area contributed by atoms with Crippen molar-refractivity contribution < 1.29 is 13.5 Å². The number of anilines is 1. The van der Waals surface area contributed by atoms with Gasteiger partial charge in [0, 0.05) is 17.1 Å². The van der Waals surface area contributed by atoms with Crippen molar-refractivity contribution in [2.45, 2.75) is 24.0 Å². The van der Waals surface area contributed by atoms with Crippen LogP contribution in [0.4, 0.5) is 5.69 Å². The van der Waals surface area contributed by atoms with Crippen molar-refractivity contribution in [2.24, 2.45) is 5.10 Å². The summed E-state index contributed by atoms with van der Waals surface area (Å²) in [6, 6.07) is 22.7. The maximum atomic E-state index is 11.8. The smallest absolute Gasteiger partial charge is 0.175 e. The van der Waals surface area contributed by atoms with E-state index in [0.29, 0.717) is 6.42 Å². The van der Waals surface area contributed by atoms with Crippen molar-refractivity contribution in [3.05, 3.63) is 94.0 Å². The Morgan fingerprint density at radius 1 is 1.07 bits per heavy atom. The SMILES string of the molecule is CS(=O)(=O)c1ccc(N2N=C(c3cccc(CO)c3)CC2c2ccc(Br)cc2)cc1. The molecule has 0 spiro atoms. The predicted octanol–water partition coefficient (Wildman–Crippen LogP) is 4.70. The molecular formula is C23H21BrN2O3S. The molecule has 5 nitrogen and oxygen atoms in total. The van der Waals surface area contributed by atoms with Crippen LogP contribution < -0.4 is 5.01 Å². The van der Waals surface area contributed by atoms with Gasteiger partial charge in [-0.15, -0.1) is 0 Å². The van der Waals surface area contributed by atoms with Crippen molar-refractivity contribution in [2.75, 3.05) is 11.3 Å². The molecule has 1 N–H and O–H groups in total. The number of hydrazone groups is 1. The van der Waals surface area contributed by atoms with Crippen LogP contribution in [0.1, 0.15) is 29.2 Å². The van der Waals surface area contributed by atoms with Crippen molar-refractivity contribution in [1.29, 1.82) is 0 Å². The molecule has 3 aromatic carbocycles. The number of aliphatic hydroxyl groups excluding tert-OH is 1. The van der Waals surface area contributed by atoms with Crippen LogP contribution in [0.15, 0.2) is 87.3 Å². The Kier molecular flexibility index (Phi) is 5.77. The Hall–Kier alpha value is -2.48. The van der Waals surface area contributed by atoms with Crippen LogP contribution in [0.5, 0.6) is 0 Å². The topological polar surface area (TPSA) is 70.0 Å². The first-order chi connectivity index (χ1) is 14.3. The summed E-state index contributed by atoms with van der Waals surface area (Å²) in [5.41, 5.74) is 4.67.